The second-order valence-electron chi connectivity index (χ2n) is 3.07. The number of rotatable bonds is 1. The molecule has 2 N–H and O–H groups in total. The Morgan fingerprint density at radius 2 is 2.23 bits per heavy atom. The zero-order valence-corrected chi connectivity index (χ0v) is 8.88. The molecule has 68 valence electrons. The third kappa shape index (κ3) is 1.40. The Kier molecular flexibility index (Phi) is 2.18. The largest absolute Gasteiger partial charge is 0.391 e. The Bertz CT molecular complexity index is 447. The van der Waals surface area contributed by atoms with E-state index in [1.54, 1.807) is 11.3 Å². The van der Waals surface area contributed by atoms with Crippen LogP contribution in [0.4, 0.5) is 5.00 Å². The normalized spacial score (nSPS) is 10.9. The number of benzene rings is 1. The van der Waals surface area contributed by atoms with Crippen molar-refractivity contribution in [3.63, 3.8) is 0 Å². The molecule has 0 bridgehead atoms. The van der Waals surface area contributed by atoms with E-state index < -0.39 is 0 Å². The molecule has 0 amide bonds. The number of alkyl halides is 1. The predicted molar refractivity (Wildman–Crippen MR) is 60.5 cm³/mol. The van der Waals surface area contributed by atoms with E-state index in [0.29, 0.717) is 5.88 Å². The standard InChI is InChI=1S/C10H10ClNS/c1-6-2-3-7(5-11)10-8(6)4-9(12)13-10/h2-4H,5,12H2,1H3. The lowest BCUT2D eigenvalue weighted by Crippen LogP contribution is -1.79. The van der Waals surface area contributed by atoms with Crippen LogP contribution in [0.15, 0.2) is 18.2 Å². The molecule has 1 heterocycles. The maximum absolute atomic E-state index is 5.83. The maximum atomic E-state index is 5.83. The average molecular weight is 212 g/mol. The van der Waals surface area contributed by atoms with Gasteiger partial charge in [-0.15, -0.1) is 22.9 Å². The third-order valence-electron chi connectivity index (χ3n) is 2.15. The van der Waals surface area contributed by atoms with Crippen LogP contribution in [0.2, 0.25) is 0 Å². The summed E-state index contributed by atoms with van der Waals surface area (Å²) >= 11 is 7.44. The summed E-state index contributed by atoms with van der Waals surface area (Å²) in [7, 11) is 0. The average Bonchev–Trinajstić information content (AvgIpc) is 2.48. The van der Waals surface area contributed by atoms with E-state index in [0.717, 1.165) is 5.00 Å². The van der Waals surface area contributed by atoms with Crippen molar-refractivity contribution in [2.75, 3.05) is 5.73 Å². The van der Waals surface area contributed by atoms with Crippen LogP contribution >= 0.6 is 22.9 Å². The smallest absolute Gasteiger partial charge is 0.0869 e. The summed E-state index contributed by atoms with van der Waals surface area (Å²) in [5.41, 5.74) is 8.19. The zero-order valence-electron chi connectivity index (χ0n) is 7.30. The molecule has 1 nitrogen and oxygen atoms in total. The van der Waals surface area contributed by atoms with E-state index in [2.05, 4.69) is 19.1 Å². The van der Waals surface area contributed by atoms with Crippen molar-refractivity contribution in [2.45, 2.75) is 12.8 Å². The quantitative estimate of drug-likeness (QED) is 0.718. The van der Waals surface area contributed by atoms with Gasteiger partial charge in [0, 0.05) is 10.6 Å². The van der Waals surface area contributed by atoms with Crippen LogP contribution in [0.25, 0.3) is 10.1 Å². The Balaban J connectivity index is 2.83. The third-order valence-corrected chi connectivity index (χ3v) is 3.47. The molecule has 3 heteroatoms. The van der Waals surface area contributed by atoms with Crippen molar-refractivity contribution in [1.82, 2.24) is 0 Å². The van der Waals surface area contributed by atoms with Gasteiger partial charge in [-0.2, -0.15) is 0 Å². The molecule has 0 atom stereocenters. The highest BCUT2D eigenvalue weighted by atomic mass is 35.5. The molecular weight excluding hydrogens is 202 g/mol. The number of nitrogens with two attached hydrogens (primary N) is 1. The van der Waals surface area contributed by atoms with Gasteiger partial charge in [0.1, 0.15) is 0 Å². The topological polar surface area (TPSA) is 26.0 Å². The Morgan fingerprint density at radius 1 is 1.46 bits per heavy atom. The molecule has 0 aliphatic carbocycles. The van der Waals surface area contributed by atoms with Crippen molar-refractivity contribution in [3.8, 4) is 0 Å². The minimum absolute atomic E-state index is 0.552. The molecule has 1 aromatic heterocycles. The second-order valence-corrected chi connectivity index (χ2v) is 4.42. The van der Waals surface area contributed by atoms with Crippen molar-refractivity contribution in [2.24, 2.45) is 0 Å². The van der Waals surface area contributed by atoms with Crippen LogP contribution in [0.1, 0.15) is 11.1 Å². The monoisotopic (exact) mass is 211 g/mol. The van der Waals surface area contributed by atoms with E-state index in [1.165, 1.54) is 21.2 Å². The zero-order chi connectivity index (χ0) is 9.42. The minimum Gasteiger partial charge on any atom is -0.391 e. The minimum atomic E-state index is 0.552. The predicted octanol–water partition coefficient (Wildman–Crippen LogP) is 3.53. The number of nitrogen functional groups attached to an aromatic ring is 1. The van der Waals surface area contributed by atoms with Gasteiger partial charge >= 0.3 is 0 Å². The van der Waals surface area contributed by atoms with E-state index >= 15 is 0 Å². The van der Waals surface area contributed by atoms with E-state index in [1.807, 2.05) is 6.07 Å². The van der Waals surface area contributed by atoms with Gasteiger partial charge in [0.25, 0.3) is 0 Å². The van der Waals surface area contributed by atoms with Gasteiger partial charge in [-0.25, -0.2) is 0 Å². The number of fused-ring (bicyclic) bond motifs is 1. The number of aryl methyl sites for hydroxylation is 1. The molecule has 0 unspecified atom stereocenters. The summed E-state index contributed by atoms with van der Waals surface area (Å²) in [6.45, 7) is 2.09. The lowest BCUT2D eigenvalue weighted by Gasteiger charge is -1.99. The van der Waals surface area contributed by atoms with Crippen molar-refractivity contribution in [3.05, 3.63) is 29.3 Å². The highest BCUT2D eigenvalue weighted by Crippen LogP contribution is 2.33. The maximum Gasteiger partial charge on any atom is 0.0869 e. The van der Waals surface area contributed by atoms with Gasteiger partial charge in [-0.1, -0.05) is 12.1 Å². The fourth-order valence-electron chi connectivity index (χ4n) is 1.44. The highest BCUT2D eigenvalue weighted by Gasteiger charge is 2.05. The summed E-state index contributed by atoms with van der Waals surface area (Å²) < 4.78 is 1.23. The molecule has 0 aliphatic rings. The van der Waals surface area contributed by atoms with Crippen LogP contribution in [0, 0.1) is 6.92 Å². The van der Waals surface area contributed by atoms with Crippen molar-refractivity contribution < 1.29 is 0 Å². The first-order valence-electron chi connectivity index (χ1n) is 4.06. The van der Waals surface area contributed by atoms with Crippen molar-refractivity contribution >= 4 is 38.0 Å². The van der Waals surface area contributed by atoms with Gasteiger partial charge in [0.2, 0.25) is 0 Å². The molecule has 2 aromatic rings. The molecule has 0 aliphatic heterocycles. The second kappa shape index (κ2) is 3.20. The van der Waals surface area contributed by atoms with Crippen LogP contribution in [0.5, 0.6) is 0 Å². The van der Waals surface area contributed by atoms with E-state index in [4.69, 9.17) is 17.3 Å². The first-order chi connectivity index (χ1) is 6.22. The van der Waals surface area contributed by atoms with Gasteiger partial charge in [-0.05, 0) is 29.5 Å². The van der Waals surface area contributed by atoms with Crippen LogP contribution in [-0.4, -0.2) is 0 Å². The number of hydrogen-bond donors (Lipinski definition) is 1. The Labute approximate surface area is 86.1 Å². The Morgan fingerprint density at radius 3 is 2.92 bits per heavy atom. The molecule has 2 rings (SSSR count). The summed E-state index contributed by atoms with van der Waals surface area (Å²) in [6.07, 6.45) is 0. The van der Waals surface area contributed by atoms with Gasteiger partial charge < -0.3 is 5.73 Å². The molecule has 0 radical (unpaired) electrons. The van der Waals surface area contributed by atoms with Gasteiger partial charge in [-0.3, -0.25) is 0 Å². The fraction of sp³-hybridized carbons (Fsp3) is 0.200. The first kappa shape index (κ1) is 8.85. The molecule has 1 aromatic carbocycles. The molecule has 13 heavy (non-hydrogen) atoms. The summed E-state index contributed by atoms with van der Waals surface area (Å²) in [5, 5.41) is 2.09. The van der Waals surface area contributed by atoms with Gasteiger partial charge in [0.15, 0.2) is 0 Å². The fourth-order valence-corrected chi connectivity index (χ4v) is 2.75. The lowest BCUT2D eigenvalue weighted by atomic mass is 10.1. The molecule has 0 fully saturated rings. The van der Waals surface area contributed by atoms with E-state index in [-0.39, 0.29) is 0 Å². The van der Waals surface area contributed by atoms with Crippen LogP contribution < -0.4 is 5.73 Å². The molecule has 0 saturated carbocycles. The Hall–Kier alpha value is -0.730. The number of hydrogen-bond acceptors (Lipinski definition) is 2. The summed E-state index contributed by atoms with van der Waals surface area (Å²) in [6, 6.07) is 6.18. The number of anilines is 1. The SMILES string of the molecule is Cc1ccc(CCl)c2sc(N)cc12. The summed E-state index contributed by atoms with van der Waals surface area (Å²) in [5.74, 6) is 0.552. The molecule has 0 saturated heterocycles. The molecular formula is C10H10ClNS. The lowest BCUT2D eigenvalue weighted by molar-refractivity contribution is 1.43. The molecule has 0 spiro atoms. The summed E-state index contributed by atoms with van der Waals surface area (Å²) in [4.78, 5) is 0. The first-order valence-corrected chi connectivity index (χ1v) is 5.41. The highest BCUT2D eigenvalue weighted by molar-refractivity contribution is 7.22. The van der Waals surface area contributed by atoms with Crippen LogP contribution in [-0.2, 0) is 5.88 Å². The number of thiophene rings is 1. The number of halogens is 1. The van der Waals surface area contributed by atoms with Gasteiger partial charge in [0.05, 0.1) is 5.00 Å². The van der Waals surface area contributed by atoms with E-state index in [9.17, 15) is 0 Å². The van der Waals surface area contributed by atoms with Crippen molar-refractivity contribution in [1.29, 1.82) is 0 Å². The van der Waals surface area contributed by atoms with Crippen LogP contribution in [0.3, 0.4) is 0 Å².